The van der Waals surface area contributed by atoms with Gasteiger partial charge in [-0.25, -0.2) is 0 Å². The highest BCUT2D eigenvalue weighted by atomic mass is 16.5. The second-order valence-corrected chi connectivity index (χ2v) is 4.81. The van der Waals surface area contributed by atoms with Crippen LogP contribution in [0.1, 0.15) is 46.0 Å². The molecule has 1 fully saturated rings. The maximum Gasteiger partial charge on any atom is 0.239 e. The SMILES string of the molecule is CCCC[C@H](N)C(=O)N1CCO[C@H](CCC)C1. The minimum atomic E-state index is -0.324. The van der Waals surface area contributed by atoms with Crippen LogP contribution in [0, 0.1) is 0 Å². The number of nitrogens with zero attached hydrogens (tertiary/aromatic N) is 1. The summed E-state index contributed by atoms with van der Waals surface area (Å²) in [5.41, 5.74) is 5.92. The second-order valence-electron chi connectivity index (χ2n) is 4.81. The van der Waals surface area contributed by atoms with Gasteiger partial charge in [-0.1, -0.05) is 33.1 Å². The molecule has 4 heteroatoms. The van der Waals surface area contributed by atoms with Gasteiger partial charge in [-0.2, -0.15) is 0 Å². The number of ether oxygens (including phenoxy) is 1. The Hall–Kier alpha value is -0.610. The van der Waals surface area contributed by atoms with Crippen LogP contribution in [0.4, 0.5) is 0 Å². The third kappa shape index (κ3) is 4.64. The van der Waals surface area contributed by atoms with Crippen molar-refractivity contribution in [2.75, 3.05) is 19.7 Å². The zero-order chi connectivity index (χ0) is 12.7. The maximum atomic E-state index is 12.1. The van der Waals surface area contributed by atoms with Gasteiger partial charge < -0.3 is 15.4 Å². The van der Waals surface area contributed by atoms with Crippen LogP contribution in [0.3, 0.4) is 0 Å². The highest BCUT2D eigenvalue weighted by Crippen LogP contribution is 2.12. The topological polar surface area (TPSA) is 55.6 Å². The smallest absolute Gasteiger partial charge is 0.239 e. The van der Waals surface area contributed by atoms with Crippen LogP contribution in [-0.2, 0) is 9.53 Å². The first-order valence-corrected chi connectivity index (χ1v) is 6.85. The van der Waals surface area contributed by atoms with Crippen molar-refractivity contribution in [2.45, 2.75) is 58.1 Å². The van der Waals surface area contributed by atoms with E-state index in [1.807, 2.05) is 4.90 Å². The average Bonchev–Trinajstić information content (AvgIpc) is 2.35. The fraction of sp³-hybridized carbons (Fsp3) is 0.923. The van der Waals surface area contributed by atoms with Crippen molar-refractivity contribution in [2.24, 2.45) is 5.73 Å². The third-order valence-electron chi connectivity index (χ3n) is 3.25. The lowest BCUT2D eigenvalue weighted by Crippen LogP contribution is -2.51. The predicted molar refractivity (Wildman–Crippen MR) is 68.7 cm³/mol. The van der Waals surface area contributed by atoms with Gasteiger partial charge in [0.2, 0.25) is 5.91 Å². The number of carbonyl (C=O) groups excluding carboxylic acids is 1. The summed E-state index contributed by atoms with van der Waals surface area (Å²) in [7, 11) is 0. The van der Waals surface area contributed by atoms with Gasteiger partial charge in [-0.15, -0.1) is 0 Å². The third-order valence-corrected chi connectivity index (χ3v) is 3.25. The van der Waals surface area contributed by atoms with Crippen LogP contribution < -0.4 is 5.73 Å². The van der Waals surface area contributed by atoms with E-state index in [0.717, 1.165) is 32.1 Å². The number of hydrogen-bond acceptors (Lipinski definition) is 3. The molecule has 1 saturated heterocycles. The Morgan fingerprint density at radius 2 is 2.24 bits per heavy atom. The summed E-state index contributed by atoms with van der Waals surface area (Å²) in [5, 5.41) is 0. The van der Waals surface area contributed by atoms with Crippen molar-refractivity contribution in [3.63, 3.8) is 0 Å². The molecule has 2 N–H and O–H groups in total. The van der Waals surface area contributed by atoms with Gasteiger partial charge >= 0.3 is 0 Å². The number of morpholine rings is 1. The molecule has 1 rings (SSSR count). The fourth-order valence-corrected chi connectivity index (χ4v) is 2.20. The molecule has 1 aliphatic rings. The monoisotopic (exact) mass is 242 g/mol. The number of amides is 1. The van der Waals surface area contributed by atoms with E-state index in [1.165, 1.54) is 0 Å². The van der Waals surface area contributed by atoms with Crippen molar-refractivity contribution >= 4 is 5.91 Å². The van der Waals surface area contributed by atoms with Gasteiger partial charge in [0.05, 0.1) is 18.8 Å². The first-order chi connectivity index (χ1) is 8.19. The molecule has 0 spiro atoms. The predicted octanol–water partition coefficient (Wildman–Crippen LogP) is 1.53. The molecule has 100 valence electrons. The minimum absolute atomic E-state index is 0.0999. The molecule has 17 heavy (non-hydrogen) atoms. The van der Waals surface area contributed by atoms with Crippen LogP contribution in [0.2, 0.25) is 0 Å². The van der Waals surface area contributed by atoms with Gasteiger partial charge in [0.1, 0.15) is 0 Å². The molecule has 1 aliphatic heterocycles. The van der Waals surface area contributed by atoms with Gasteiger partial charge in [0.15, 0.2) is 0 Å². The summed E-state index contributed by atoms with van der Waals surface area (Å²) in [6.07, 6.45) is 5.22. The van der Waals surface area contributed by atoms with E-state index in [9.17, 15) is 4.79 Å². The first-order valence-electron chi connectivity index (χ1n) is 6.85. The molecule has 0 bridgehead atoms. The first kappa shape index (κ1) is 14.5. The van der Waals surface area contributed by atoms with E-state index in [-0.39, 0.29) is 18.1 Å². The molecule has 0 radical (unpaired) electrons. The highest BCUT2D eigenvalue weighted by molar-refractivity contribution is 5.81. The summed E-state index contributed by atoms with van der Waals surface area (Å²) < 4.78 is 5.62. The van der Waals surface area contributed by atoms with Gasteiger partial charge in [-0.05, 0) is 12.8 Å². The van der Waals surface area contributed by atoms with E-state index in [0.29, 0.717) is 19.7 Å². The number of rotatable bonds is 6. The van der Waals surface area contributed by atoms with E-state index < -0.39 is 0 Å². The molecule has 0 aromatic carbocycles. The van der Waals surface area contributed by atoms with E-state index in [2.05, 4.69) is 13.8 Å². The summed E-state index contributed by atoms with van der Waals surface area (Å²) in [6, 6.07) is -0.324. The van der Waals surface area contributed by atoms with E-state index in [1.54, 1.807) is 0 Å². The molecule has 0 aliphatic carbocycles. The molecule has 0 aromatic heterocycles. The lowest BCUT2D eigenvalue weighted by molar-refractivity contribution is -0.140. The number of nitrogens with two attached hydrogens (primary N) is 1. The molecular weight excluding hydrogens is 216 g/mol. The van der Waals surface area contributed by atoms with Crippen LogP contribution in [0.25, 0.3) is 0 Å². The second kappa shape index (κ2) is 7.67. The Bertz CT molecular complexity index is 231. The van der Waals surface area contributed by atoms with Crippen molar-refractivity contribution in [1.82, 2.24) is 4.90 Å². The molecule has 4 nitrogen and oxygen atoms in total. The molecule has 1 heterocycles. The number of hydrogen-bond donors (Lipinski definition) is 1. The standard InChI is InChI=1S/C13H26N2O2/c1-3-5-7-12(14)13(16)15-8-9-17-11(10-15)6-4-2/h11-12H,3-10,14H2,1-2H3/t11-,12+/m1/s1. The van der Waals surface area contributed by atoms with Gasteiger partial charge in [0, 0.05) is 13.1 Å². The summed E-state index contributed by atoms with van der Waals surface area (Å²) in [5.74, 6) is 0.0999. The Labute approximate surface area is 104 Å². The van der Waals surface area contributed by atoms with Crippen LogP contribution >= 0.6 is 0 Å². The van der Waals surface area contributed by atoms with E-state index >= 15 is 0 Å². The Morgan fingerprint density at radius 3 is 2.88 bits per heavy atom. The van der Waals surface area contributed by atoms with Crippen LogP contribution in [0.15, 0.2) is 0 Å². The Kier molecular flexibility index (Phi) is 6.52. The summed E-state index contributed by atoms with van der Waals surface area (Å²) >= 11 is 0. The molecule has 0 aromatic rings. The zero-order valence-corrected chi connectivity index (χ0v) is 11.2. The normalized spacial score (nSPS) is 22.5. The summed E-state index contributed by atoms with van der Waals surface area (Å²) in [4.78, 5) is 14.0. The largest absolute Gasteiger partial charge is 0.375 e. The molecular formula is C13H26N2O2. The van der Waals surface area contributed by atoms with Gasteiger partial charge in [-0.3, -0.25) is 4.79 Å². The molecule has 1 amide bonds. The summed E-state index contributed by atoms with van der Waals surface area (Å²) in [6.45, 7) is 6.31. The number of unbranched alkanes of at least 4 members (excludes halogenated alkanes) is 1. The van der Waals surface area contributed by atoms with Crippen molar-refractivity contribution in [3.05, 3.63) is 0 Å². The number of carbonyl (C=O) groups is 1. The minimum Gasteiger partial charge on any atom is -0.375 e. The van der Waals surface area contributed by atoms with Crippen molar-refractivity contribution < 1.29 is 9.53 Å². The quantitative estimate of drug-likeness (QED) is 0.768. The Balaban J connectivity index is 2.39. The van der Waals surface area contributed by atoms with Crippen LogP contribution in [-0.4, -0.2) is 42.6 Å². The van der Waals surface area contributed by atoms with Crippen molar-refractivity contribution in [1.29, 1.82) is 0 Å². The average molecular weight is 242 g/mol. The molecule has 0 unspecified atom stereocenters. The van der Waals surface area contributed by atoms with E-state index in [4.69, 9.17) is 10.5 Å². The lowest BCUT2D eigenvalue weighted by atomic mass is 10.1. The van der Waals surface area contributed by atoms with Crippen molar-refractivity contribution in [3.8, 4) is 0 Å². The van der Waals surface area contributed by atoms with Gasteiger partial charge in [0.25, 0.3) is 0 Å². The fourth-order valence-electron chi connectivity index (χ4n) is 2.20. The lowest BCUT2D eigenvalue weighted by Gasteiger charge is -2.34. The Morgan fingerprint density at radius 1 is 1.47 bits per heavy atom. The highest BCUT2D eigenvalue weighted by Gasteiger charge is 2.26. The maximum absolute atomic E-state index is 12.1. The molecule has 2 atom stereocenters. The zero-order valence-electron chi connectivity index (χ0n) is 11.2. The molecule has 0 saturated carbocycles. The van der Waals surface area contributed by atoms with Crippen LogP contribution in [0.5, 0.6) is 0 Å².